The average molecular weight is 291 g/mol. The first-order valence-corrected chi connectivity index (χ1v) is 7.33. The van der Waals surface area contributed by atoms with Gasteiger partial charge in [0.15, 0.2) is 5.82 Å². The van der Waals surface area contributed by atoms with Crippen molar-refractivity contribution < 1.29 is 4.39 Å². The summed E-state index contributed by atoms with van der Waals surface area (Å²) < 4.78 is 16.3. The van der Waals surface area contributed by atoms with Crippen molar-refractivity contribution in [1.82, 2.24) is 9.47 Å². The molecule has 0 N–H and O–H groups in total. The fourth-order valence-corrected chi connectivity index (χ4v) is 3.90. The second kappa shape index (κ2) is 4.09. The number of likely N-dealkylation sites (N-methyl/N-ethyl adjacent to an activating group) is 1. The van der Waals surface area contributed by atoms with Crippen LogP contribution in [0, 0.1) is 11.7 Å². The smallest absolute Gasteiger partial charge is 0.151 e. The van der Waals surface area contributed by atoms with E-state index >= 15 is 0 Å². The van der Waals surface area contributed by atoms with Crippen LogP contribution in [0.4, 0.5) is 4.39 Å². The highest BCUT2D eigenvalue weighted by atomic mass is 35.5. The molecular weight excluding hydrogens is 275 g/mol. The molecule has 0 amide bonds. The summed E-state index contributed by atoms with van der Waals surface area (Å²) in [7, 11) is 2.16. The Morgan fingerprint density at radius 1 is 1.35 bits per heavy atom. The number of halogens is 2. The lowest BCUT2D eigenvalue weighted by Crippen LogP contribution is -2.43. The highest BCUT2D eigenvalue weighted by molar-refractivity contribution is 6.32. The zero-order valence-electron chi connectivity index (χ0n) is 11.5. The van der Waals surface area contributed by atoms with Crippen LogP contribution in [0.15, 0.2) is 24.4 Å². The molecule has 4 heteroatoms. The summed E-state index contributed by atoms with van der Waals surface area (Å²) in [6.45, 7) is 4.16. The molecular formula is C16H16ClFN2. The summed E-state index contributed by atoms with van der Waals surface area (Å²) in [6, 6.07) is 3.98. The highest BCUT2D eigenvalue weighted by Crippen LogP contribution is 2.41. The molecule has 2 aliphatic heterocycles. The Morgan fingerprint density at radius 2 is 2.15 bits per heavy atom. The van der Waals surface area contributed by atoms with Crippen LogP contribution < -0.4 is 0 Å². The molecule has 1 aromatic heterocycles. The van der Waals surface area contributed by atoms with E-state index in [1.54, 1.807) is 6.07 Å². The van der Waals surface area contributed by atoms with Crippen LogP contribution in [0.1, 0.15) is 12.5 Å². The van der Waals surface area contributed by atoms with Gasteiger partial charge in [-0.05, 0) is 30.7 Å². The number of aromatic nitrogens is 1. The summed E-state index contributed by atoms with van der Waals surface area (Å²) >= 11 is 6.08. The van der Waals surface area contributed by atoms with Gasteiger partial charge in [0.1, 0.15) is 0 Å². The Labute approximate surface area is 122 Å². The van der Waals surface area contributed by atoms with Crippen LogP contribution in [0.5, 0.6) is 0 Å². The standard InChI is InChI=1S/C16H16ClFN2/c1-9-5-11-12-6-13(17)15(18)10-3-4-20(16(10)12)8-14(11)19(2)7-9/h3-6,9,14H,7-8H2,1-2H3/t9-,14-/m1/s1. The van der Waals surface area contributed by atoms with E-state index in [-0.39, 0.29) is 10.8 Å². The fraction of sp³-hybridized carbons (Fsp3) is 0.375. The number of fused-ring (bicyclic) bond motifs is 2. The van der Waals surface area contributed by atoms with Crippen molar-refractivity contribution in [2.75, 3.05) is 13.6 Å². The summed E-state index contributed by atoms with van der Waals surface area (Å²) in [5.41, 5.74) is 3.37. The predicted molar refractivity (Wildman–Crippen MR) is 80.5 cm³/mol. The maximum atomic E-state index is 14.2. The van der Waals surface area contributed by atoms with Crippen molar-refractivity contribution in [1.29, 1.82) is 0 Å². The van der Waals surface area contributed by atoms with Crippen LogP contribution in [0.2, 0.25) is 5.02 Å². The SMILES string of the molecule is C[C@@H]1C=C2c3cc(Cl)c(F)c4ccn(c34)C[C@H]2N(C)C1. The maximum Gasteiger partial charge on any atom is 0.151 e. The minimum absolute atomic E-state index is 0.215. The summed E-state index contributed by atoms with van der Waals surface area (Å²) in [5, 5.41) is 0.848. The number of nitrogens with zero attached hydrogens (tertiary/aromatic N) is 2. The third-order valence-electron chi connectivity index (χ3n) is 4.55. The van der Waals surface area contributed by atoms with Gasteiger partial charge in [-0.1, -0.05) is 24.6 Å². The lowest BCUT2D eigenvalue weighted by atomic mass is 9.86. The highest BCUT2D eigenvalue weighted by Gasteiger charge is 2.33. The van der Waals surface area contributed by atoms with E-state index in [1.807, 2.05) is 12.3 Å². The third kappa shape index (κ3) is 1.54. The van der Waals surface area contributed by atoms with Gasteiger partial charge >= 0.3 is 0 Å². The Morgan fingerprint density at radius 3 is 2.95 bits per heavy atom. The van der Waals surface area contributed by atoms with Gasteiger partial charge in [0.25, 0.3) is 0 Å². The van der Waals surface area contributed by atoms with E-state index in [2.05, 4.69) is 29.5 Å². The largest absolute Gasteiger partial charge is 0.345 e. The van der Waals surface area contributed by atoms with Gasteiger partial charge in [-0.3, -0.25) is 4.90 Å². The first kappa shape index (κ1) is 12.4. The van der Waals surface area contributed by atoms with Gasteiger partial charge in [-0.2, -0.15) is 0 Å². The monoisotopic (exact) mass is 290 g/mol. The van der Waals surface area contributed by atoms with Crippen molar-refractivity contribution in [3.8, 4) is 0 Å². The molecule has 0 radical (unpaired) electrons. The fourth-order valence-electron chi connectivity index (χ4n) is 3.69. The van der Waals surface area contributed by atoms with Crippen molar-refractivity contribution >= 4 is 28.1 Å². The summed E-state index contributed by atoms with van der Waals surface area (Å²) in [5.74, 6) is 0.201. The van der Waals surface area contributed by atoms with Crippen molar-refractivity contribution in [3.05, 3.63) is 40.8 Å². The third-order valence-corrected chi connectivity index (χ3v) is 4.82. The van der Waals surface area contributed by atoms with E-state index in [9.17, 15) is 4.39 Å². The van der Waals surface area contributed by atoms with Crippen LogP contribution >= 0.6 is 11.6 Å². The molecule has 4 rings (SSSR count). The molecule has 0 spiro atoms. The molecule has 2 atom stereocenters. The van der Waals surface area contributed by atoms with Gasteiger partial charge in [0, 0.05) is 30.2 Å². The van der Waals surface area contributed by atoms with Crippen molar-refractivity contribution in [2.24, 2.45) is 5.92 Å². The molecule has 0 fully saturated rings. The molecule has 2 nitrogen and oxygen atoms in total. The number of benzene rings is 1. The minimum atomic E-state index is -0.305. The topological polar surface area (TPSA) is 8.17 Å². The predicted octanol–water partition coefficient (Wildman–Crippen LogP) is 3.78. The summed E-state index contributed by atoms with van der Waals surface area (Å²) in [4.78, 5) is 2.38. The van der Waals surface area contributed by atoms with E-state index in [1.165, 1.54) is 5.57 Å². The number of rotatable bonds is 0. The van der Waals surface area contributed by atoms with Crippen molar-refractivity contribution in [3.63, 3.8) is 0 Å². The quantitative estimate of drug-likeness (QED) is 0.717. The Hall–Kier alpha value is -1.32. The normalized spacial score (nSPS) is 25.7. The zero-order chi connectivity index (χ0) is 14.0. The van der Waals surface area contributed by atoms with E-state index < -0.39 is 0 Å². The molecule has 1 aromatic carbocycles. The number of hydrogen-bond donors (Lipinski definition) is 0. The van der Waals surface area contributed by atoms with Gasteiger partial charge in [0.05, 0.1) is 16.6 Å². The summed E-state index contributed by atoms with van der Waals surface area (Å²) in [6.07, 6.45) is 4.29. The molecule has 2 aliphatic rings. The molecule has 20 heavy (non-hydrogen) atoms. The van der Waals surface area contributed by atoms with Gasteiger partial charge in [-0.15, -0.1) is 0 Å². The van der Waals surface area contributed by atoms with Crippen LogP contribution in [-0.4, -0.2) is 29.1 Å². The molecule has 0 saturated carbocycles. The number of hydrogen-bond acceptors (Lipinski definition) is 1. The lowest BCUT2D eigenvalue weighted by Gasteiger charge is -2.39. The minimum Gasteiger partial charge on any atom is -0.345 e. The van der Waals surface area contributed by atoms with Crippen LogP contribution in [-0.2, 0) is 6.54 Å². The first-order chi connectivity index (χ1) is 9.56. The van der Waals surface area contributed by atoms with E-state index in [0.717, 1.165) is 24.2 Å². The molecule has 0 bridgehead atoms. The zero-order valence-corrected chi connectivity index (χ0v) is 12.3. The molecule has 0 aliphatic carbocycles. The second-order valence-electron chi connectivity index (χ2n) is 6.00. The van der Waals surface area contributed by atoms with Gasteiger partial charge in [-0.25, -0.2) is 4.39 Å². The first-order valence-electron chi connectivity index (χ1n) is 6.95. The van der Waals surface area contributed by atoms with Crippen molar-refractivity contribution in [2.45, 2.75) is 19.5 Å². The Balaban J connectivity index is 2.06. The van der Waals surface area contributed by atoms with Crippen LogP contribution in [0.3, 0.4) is 0 Å². The van der Waals surface area contributed by atoms with Gasteiger partial charge in [0.2, 0.25) is 0 Å². The van der Waals surface area contributed by atoms with Gasteiger partial charge < -0.3 is 4.57 Å². The molecule has 0 saturated heterocycles. The second-order valence-corrected chi connectivity index (χ2v) is 6.41. The molecule has 104 valence electrons. The Bertz CT molecular complexity index is 747. The van der Waals surface area contributed by atoms with E-state index in [4.69, 9.17) is 11.6 Å². The Kier molecular flexibility index (Phi) is 2.54. The lowest BCUT2D eigenvalue weighted by molar-refractivity contribution is 0.234. The molecule has 3 heterocycles. The van der Waals surface area contributed by atoms with Crippen LogP contribution in [0.25, 0.3) is 16.5 Å². The molecule has 0 unspecified atom stereocenters. The average Bonchev–Trinajstić information content (AvgIpc) is 2.81. The maximum absolute atomic E-state index is 14.2. The molecule has 2 aromatic rings. The van der Waals surface area contributed by atoms with E-state index in [0.29, 0.717) is 17.3 Å².